The Bertz CT molecular complexity index is 722. The molecular weight excluding hydrogens is 342 g/mol. The molecule has 2 aromatic rings. The Morgan fingerprint density at radius 2 is 1.58 bits per heavy atom. The minimum atomic E-state index is 0. The Balaban J connectivity index is 0.00000196. The molecule has 1 atom stereocenters. The molecule has 0 amide bonds. The number of hydrogen-bond donors (Lipinski definition) is 0. The molecule has 1 fully saturated rings. The van der Waals surface area contributed by atoms with Crippen molar-refractivity contribution >= 4 is 18.2 Å². The van der Waals surface area contributed by atoms with Crippen LogP contribution in [0.15, 0.2) is 54.6 Å². The topological polar surface area (TPSA) is 20.3 Å². The molecule has 0 saturated carbocycles. The zero-order valence-electron chi connectivity index (χ0n) is 15.3. The van der Waals surface area contributed by atoms with E-state index in [4.69, 9.17) is 0 Å². The molecular formula is C23H28ClNO. The molecule has 0 N–H and O–H groups in total. The molecule has 138 valence electrons. The first-order valence-corrected chi connectivity index (χ1v) is 9.68. The van der Waals surface area contributed by atoms with Crippen molar-refractivity contribution in [1.29, 1.82) is 0 Å². The van der Waals surface area contributed by atoms with Gasteiger partial charge in [0.2, 0.25) is 0 Å². The second-order valence-corrected chi connectivity index (χ2v) is 7.67. The zero-order valence-corrected chi connectivity index (χ0v) is 16.1. The van der Waals surface area contributed by atoms with Crippen LogP contribution in [0, 0.1) is 5.92 Å². The van der Waals surface area contributed by atoms with Crippen LogP contribution in [0.25, 0.3) is 0 Å². The summed E-state index contributed by atoms with van der Waals surface area (Å²) in [5.74, 6) is 1.56. The maximum absolute atomic E-state index is 12.6. The van der Waals surface area contributed by atoms with Crippen molar-refractivity contribution in [2.75, 3.05) is 19.6 Å². The van der Waals surface area contributed by atoms with Crippen LogP contribution in [-0.2, 0) is 6.42 Å². The van der Waals surface area contributed by atoms with Crippen molar-refractivity contribution in [2.24, 2.45) is 5.92 Å². The highest BCUT2D eigenvalue weighted by atomic mass is 35.5. The van der Waals surface area contributed by atoms with Gasteiger partial charge in [0.05, 0.1) is 0 Å². The molecule has 1 aliphatic heterocycles. The largest absolute Gasteiger partial charge is 0.303 e. The van der Waals surface area contributed by atoms with Gasteiger partial charge in [0.1, 0.15) is 0 Å². The lowest BCUT2D eigenvalue weighted by Gasteiger charge is -2.34. The average molecular weight is 370 g/mol. The first-order chi connectivity index (χ1) is 12.3. The molecule has 2 aromatic carbocycles. The molecule has 3 heteroatoms. The predicted molar refractivity (Wildman–Crippen MR) is 109 cm³/mol. The number of benzene rings is 2. The predicted octanol–water partition coefficient (Wildman–Crippen LogP) is 5.12. The fourth-order valence-electron chi connectivity index (χ4n) is 4.54. The van der Waals surface area contributed by atoms with E-state index in [2.05, 4.69) is 47.4 Å². The van der Waals surface area contributed by atoms with Gasteiger partial charge in [-0.3, -0.25) is 4.79 Å². The minimum Gasteiger partial charge on any atom is -0.303 e. The monoisotopic (exact) mass is 369 g/mol. The van der Waals surface area contributed by atoms with Gasteiger partial charge in [0.15, 0.2) is 5.78 Å². The maximum Gasteiger partial charge on any atom is 0.163 e. The third-order valence-electron chi connectivity index (χ3n) is 5.99. The Morgan fingerprint density at radius 3 is 2.35 bits per heavy atom. The van der Waals surface area contributed by atoms with E-state index >= 15 is 0 Å². The van der Waals surface area contributed by atoms with Gasteiger partial charge in [-0.05, 0) is 61.7 Å². The zero-order chi connectivity index (χ0) is 17.1. The van der Waals surface area contributed by atoms with E-state index in [1.165, 1.54) is 24.0 Å². The van der Waals surface area contributed by atoms with Crippen molar-refractivity contribution in [3.63, 3.8) is 0 Å². The number of piperidine rings is 1. The van der Waals surface area contributed by atoms with E-state index in [-0.39, 0.29) is 12.4 Å². The first-order valence-electron chi connectivity index (χ1n) is 9.68. The molecule has 1 heterocycles. The van der Waals surface area contributed by atoms with Crippen molar-refractivity contribution in [3.8, 4) is 0 Å². The number of hydrogen-bond acceptors (Lipinski definition) is 2. The summed E-state index contributed by atoms with van der Waals surface area (Å²) in [5.41, 5.74) is 3.70. The van der Waals surface area contributed by atoms with Crippen LogP contribution in [0.3, 0.4) is 0 Å². The average Bonchev–Trinajstić information content (AvgIpc) is 2.82. The van der Waals surface area contributed by atoms with E-state index < -0.39 is 0 Å². The second kappa shape index (κ2) is 8.83. The van der Waals surface area contributed by atoms with Crippen LogP contribution in [0.2, 0.25) is 0 Å². The number of aryl methyl sites for hydroxylation is 1. The lowest BCUT2D eigenvalue weighted by atomic mass is 9.88. The summed E-state index contributed by atoms with van der Waals surface area (Å²) in [7, 11) is 0. The standard InChI is InChI=1S/C23H27NO.ClH/c25-23-16-18(10-11-21-8-4-5-9-22(21)23)17-24-14-12-20(13-15-24)19-6-2-1-3-7-19;/h1-9,18,20H,10-17H2;1H. The number of likely N-dealkylation sites (tertiary alicyclic amines) is 1. The van der Waals surface area contributed by atoms with Crippen LogP contribution in [0.1, 0.15) is 53.1 Å². The summed E-state index contributed by atoms with van der Waals surface area (Å²) in [5, 5.41) is 0. The van der Waals surface area contributed by atoms with E-state index in [1.807, 2.05) is 12.1 Å². The summed E-state index contributed by atoms with van der Waals surface area (Å²) in [6.07, 6.45) is 5.39. The highest BCUT2D eigenvalue weighted by Crippen LogP contribution is 2.30. The maximum atomic E-state index is 12.6. The number of Topliss-reactive ketones (excluding diaryl/α,β-unsaturated/α-hetero) is 1. The van der Waals surface area contributed by atoms with Crippen molar-refractivity contribution < 1.29 is 4.79 Å². The highest BCUT2D eigenvalue weighted by molar-refractivity contribution is 5.97. The van der Waals surface area contributed by atoms with Crippen molar-refractivity contribution in [3.05, 3.63) is 71.3 Å². The molecule has 0 spiro atoms. The van der Waals surface area contributed by atoms with Gasteiger partial charge >= 0.3 is 0 Å². The van der Waals surface area contributed by atoms with E-state index in [9.17, 15) is 4.79 Å². The Labute approximate surface area is 163 Å². The Morgan fingerprint density at radius 1 is 0.885 bits per heavy atom. The van der Waals surface area contributed by atoms with Gasteiger partial charge in [0, 0.05) is 18.5 Å². The minimum absolute atomic E-state index is 0. The normalized spacial score (nSPS) is 21.5. The van der Waals surface area contributed by atoms with Gasteiger partial charge in [0.25, 0.3) is 0 Å². The molecule has 4 rings (SSSR count). The SMILES string of the molecule is Cl.O=C1CC(CN2CCC(c3ccccc3)CC2)CCc2ccccc21. The number of fused-ring (bicyclic) bond motifs is 1. The quantitative estimate of drug-likeness (QED) is 0.699. The second-order valence-electron chi connectivity index (χ2n) is 7.67. The summed E-state index contributed by atoms with van der Waals surface area (Å²) in [4.78, 5) is 15.2. The Kier molecular flexibility index (Phi) is 6.50. The molecule has 26 heavy (non-hydrogen) atoms. The molecule has 2 nitrogen and oxygen atoms in total. The molecule has 0 bridgehead atoms. The highest BCUT2D eigenvalue weighted by Gasteiger charge is 2.26. The van der Waals surface area contributed by atoms with E-state index in [0.29, 0.717) is 17.6 Å². The summed E-state index contributed by atoms with van der Waals surface area (Å²) < 4.78 is 0. The van der Waals surface area contributed by atoms with Crippen LogP contribution < -0.4 is 0 Å². The van der Waals surface area contributed by atoms with Crippen LogP contribution in [-0.4, -0.2) is 30.3 Å². The van der Waals surface area contributed by atoms with Gasteiger partial charge in [-0.25, -0.2) is 0 Å². The fraction of sp³-hybridized carbons (Fsp3) is 0.435. The van der Waals surface area contributed by atoms with Crippen LogP contribution in [0.5, 0.6) is 0 Å². The number of carbonyl (C=O) groups is 1. The Hall–Kier alpha value is -1.64. The lowest BCUT2D eigenvalue weighted by molar-refractivity contribution is 0.0941. The molecule has 1 saturated heterocycles. The van der Waals surface area contributed by atoms with Crippen molar-refractivity contribution in [2.45, 2.75) is 38.0 Å². The fourth-order valence-corrected chi connectivity index (χ4v) is 4.54. The third kappa shape index (κ3) is 4.36. The molecule has 1 unspecified atom stereocenters. The van der Waals surface area contributed by atoms with Gasteiger partial charge < -0.3 is 4.90 Å². The number of carbonyl (C=O) groups excluding carboxylic acids is 1. The summed E-state index contributed by atoms with van der Waals surface area (Å²) >= 11 is 0. The van der Waals surface area contributed by atoms with Crippen molar-refractivity contribution in [1.82, 2.24) is 4.90 Å². The summed E-state index contributed by atoms with van der Waals surface area (Å²) in [6, 6.07) is 19.1. The van der Waals surface area contributed by atoms with Crippen LogP contribution >= 0.6 is 12.4 Å². The molecule has 0 radical (unpaired) electrons. The number of ketones is 1. The first kappa shape index (κ1) is 19.1. The number of rotatable bonds is 3. The van der Waals surface area contributed by atoms with Gasteiger partial charge in [-0.2, -0.15) is 0 Å². The number of nitrogens with zero attached hydrogens (tertiary/aromatic N) is 1. The van der Waals surface area contributed by atoms with Gasteiger partial charge in [-0.15, -0.1) is 12.4 Å². The van der Waals surface area contributed by atoms with E-state index in [0.717, 1.165) is 44.5 Å². The third-order valence-corrected chi connectivity index (χ3v) is 5.99. The smallest absolute Gasteiger partial charge is 0.163 e. The molecule has 1 aliphatic carbocycles. The van der Waals surface area contributed by atoms with Gasteiger partial charge in [-0.1, -0.05) is 54.6 Å². The van der Waals surface area contributed by atoms with E-state index in [1.54, 1.807) is 0 Å². The lowest BCUT2D eigenvalue weighted by Crippen LogP contribution is -2.37. The number of halogens is 1. The molecule has 2 aliphatic rings. The summed E-state index contributed by atoms with van der Waals surface area (Å²) in [6.45, 7) is 3.41. The van der Waals surface area contributed by atoms with Crippen LogP contribution in [0.4, 0.5) is 0 Å². The molecule has 0 aromatic heterocycles.